The van der Waals surface area contributed by atoms with Gasteiger partial charge in [0.1, 0.15) is 46.7 Å². The van der Waals surface area contributed by atoms with Crippen molar-refractivity contribution < 1.29 is 43.2 Å². The molecule has 13 nitrogen and oxygen atoms in total. The van der Waals surface area contributed by atoms with Crippen LogP contribution in [0.3, 0.4) is 0 Å². The number of rotatable bonds is 14. The number of ketones is 1. The number of benzene rings is 3. The van der Waals surface area contributed by atoms with Crippen LogP contribution in [-0.4, -0.2) is 68.3 Å². The number of amides is 3. The number of Topliss-reactive ketones (excluding diaryl/α,β-unsaturated/α-hetero) is 1. The number of methoxy groups -OCH3 is 3. The van der Waals surface area contributed by atoms with Crippen molar-refractivity contribution in [3.63, 3.8) is 0 Å². The summed E-state index contributed by atoms with van der Waals surface area (Å²) in [7, 11) is 4.33. The van der Waals surface area contributed by atoms with Crippen LogP contribution in [0.2, 0.25) is 5.02 Å². The van der Waals surface area contributed by atoms with Gasteiger partial charge in [-0.3, -0.25) is 14.4 Å². The highest BCUT2D eigenvalue weighted by Gasteiger charge is 2.32. The molecule has 0 spiro atoms. The fraction of sp³-hybridized carbons (Fsp3) is 0.353. The highest BCUT2D eigenvalue weighted by molar-refractivity contribution is 6.32. The zero-order valence-electron chi connectivity index (χ0n) is 27.6. The maximum absolute atomic E-state index is 14.0. The number of phenols is 1. The Labute approximate surface area is 284 Å². The Morgan fingerprint density at radius 2 is 1.46 bits per heavy atom. The van der Waals surface area contributed by atoms with Crippen molar-refractivity contribution in [2.75, 3.05) is 27.9 Å². The molecule has 3 atom stereocenters. The van der Waals surface area contributed by atoms with Gasteiger partial charge in [-0.1, -0.05) is 29.8 Å². The van der Waals surface area contributed by atoms with Crippen LogP contribution in [0, 0.1) is 0 Å². The van der Waals surface area contributed by atoms with E-state index < -0.39 is 54.0 Å². The number of nitrogens with two attached hydrogens (primary N) is 1. The van der Waals surface area contributed by atoms with Gasteiger partial charge in [0.25, 0.3) is 0 Å². The van der Waals surface area contributed by atoms with Crippen molar-refractivity contribution in [3.05, 3.63) is 82.4 Å². The monoisotopic (exact) mass is 684 g/mol. The van der Waals surface area contributed by atoms with Crippen LogP contribution < -0.4 is 35.9 Å². The lowest BCUT2D eigenvalue weighted by Crippen LogP contribution is -2.53. The summed E-state index contributed by atoms with van der Waals surface area (Å²) in [5.41, 5.74) is 5.93. The van der Waals surface area contributed by atoms with E-state index in [4.69, 9.17) is 36.3 Å². The number of nitrogens with one attached hydrogen (secondary N) is 3. The number of alkyl carbamates (subject to hydrolysis) is 1. The van der Waals surface area contributed by atoms with E-state index in [0.29, 0.717) is 17.1 Å². The van der Waals surface area contributed by atoms with E-state index in [1.165, 1.54) is 57.7 Å². The molecule has 0 saturated heterocycles. The molecule has 48 heavy (non-hydrogen) atoms. The molecule has 0 bridgehead atoms. The largest absolute Gasteiger partial charge is 0.508 e. The van der Waals surface area contributed by atoms with Gasteiger partial charge in [-0.15, -0.1) is 0 Å². The summed E-state index contributed by atoms with van der Waals surface area (Å²) in [6.45, 7) is 4.57. The van der Waals surface area contributed by atoms with E-state index in [1.54, 1.807) is 45.0 Å². The van der Waals surface area contributed by atoms with Crippen LogP contribution >= 0.6 is 11.6 Å². The third-order valence-corrected chi connectivity index (χ3v) is 7.25. The minimum Gasteiger partial charge on any atom is -0.508 e. The van der Waals surface area contributed by atoms with E-state index >= 15 is 0 Å². The first-order valence-corrected chi connectivity index (χ1v) is 15.2. The first-order valence-electron chi connectivity index (χ1n) is 14.8. The molecule has 0 aliphatic heterocycles. The second kappa shape index (κ2) is 16.7. The minimum atomic E-state index is -1.37. The van der Waals surface area contributed by atoms with Gasteiger partial charge in [0.05, 0.1) is 32.9 Å². The normalized spacial score (nSPS) is 12.9. The van der Waals surface area contributed by atoms with Crippen molar-refractivity contribution in [1.29, 1.82) is 0 Å². The molecular weight excluding hydrogens is 644 g/mol. The van der Waals surface area contributed by atoms with Crippen LogP contribution in [0.4, 0.5) is 4.79 Å². The molecule has 0 aromatic heterocycles. The fourth-order valence-corrected chi connectivity index (χ4v) is 4.92. The van der Waals surface area contributed by atoms with E-state index in [0.717, 1.165) is 0 Å². The van der Waals surface area contributed by atoms with E-state index in [9.17, 15) is 24.3 Å². The van der Waals surface area contributed by atoms with Crippen molar-refractivity contribution in [2.45, 2.75) is 50.9 Å². The topological polar surface area (TPSA) is 188 Å². The summed E-state index contributed by atoms with van der Waals surface area (Å²) in [5.74, 6) is -1.14. The van der Waals surface area contributed by atoms with Crippen molar-refractivity contribution in [2.24, 2.45) is 5.73 Å². The molecular formula is C34H41ClN4O9. The summed E-state index contributed by atoms with van der Waals surface area (Å²) in [4.78, 5) is 53.8. The van der Waals surface area contributed by atoms with Gasteiger partial charge >= 0.3 is 6.09 Å². The zero-order chi connectivity index (χ0) is 35.6. The molecule has 0 heterocycles. The summed E-state index contributed by atoms with van der Waals surface area (Å²) >= 11 is 6.36. The predicted octanol–water partition coefficient (Wildman–Crippen LogP) is 3.75. The SMILES string of the molecule is COc1ccc(C[C@@H](NC(=O)[C@H](NC(=O)OC(C)(C)C)c2ccc(OC)c(Cl)c2)C(=O)N[C@H](C(=O)CN)c2cc(O)cc(OC)c2)cc1. The average molecular weight is 685 g/mol. The highest BCUT2D eigenvalue weighted by atomic mass is 35.5. The van der Waals surface area contributed by atoms with Gasteiger partial charge in [-0.2, -0.15) is 0 Å². The standard InChI is InChI=1S/C34H41ClN4O9/c1-34(2,3)48-33(44)39-30(20-9-12-28(47-6)25(35)16-20)32(43)37-26(13-19-7-10-23(45-4)11-8-19)31(42)38-29(27(41)18-36)21-14-22(40)17-24(15-21)46-5/h7-12,14-17,26,29-30,40H,13,18,36H2,1-6H3,(H,37,43)(H,38,42)(H,39,44)/t26-,29+,30-/m1/s1. The van der Waals surface area contributed by atoms with Crippen LogP contribution in [0.25, 0.3) is 0 Å². The zero-order valence-corrected chi connectivity index (χ0v) is 28.3. The second-order valence-electron chi connectivity index (χ2n) is 11.7. The lowest BCUT2D eigenvalue weighted by molar-refractivity contribution is -0.132. The Balaban J connectivity index is 2.02. The Hall–Kier alpha value is -5.01. The third-order valence-electron chi connectivity index (χ3n) is 6.96. The first kappa shape index (κ1) is 37.4. The van der Waals surface area contributed by atoms with Gasteiger partial charge in [0.2, 0.25) is 11.8 Å². The van der Waals surface area contributed by atoms with Crippen LogP contribution in [0.1, 0.15) is 49.5 Å². The quantitative estimate of drug-likeness (QED) is 0.167. The Kier molecular flexibility index (Phi) is 13.0. The average Bonchev–Trinajstić information content (AvgIpc) is 3.04. The molecule has 3 rings (SSSR count). The fourth-order valence-electron chi connectivity index (χ4n) is 4.65. The van der Waals surface area contributed by atoms with E-state index in [1.807, 2.05) is 0 Å². The van der Waals surface area contributed by atoms with Gasteiger partial charge in [-0.25, -0.2) is 4.79 Å². The molecule has 0 aliphatic carbocycles. The number of ether oxygens (including phenoxy) is 4. The molecule has 14 heteroatoms. The van der Waals surface area contributed by atoms with E-state index in [2.05, 4.69) is 16.0 Å². The van der Waals surface area contributed by atoms with Crippen molar-refractivity contribution in [3.8, 4) is 23.0 Å². The molecule has 0 aliphatic rings. The summed E-state index contributed by atoms with van der Waals surface area (Å²) in [5, 5.41) is 18.3. The van der Waals surface area contributed by atoms with Crippen LogP contribution in [0.15, 0.2) is 60.7 Å². The molecule has 0 saturated carbocycles. The number of carbonyl (C=O) groups excluding carboxylic acids is 4. The molecule has 3 amide bonds. The van der Waals surface area contributed by atoms with Gasteiger partial charge in [0.15, 0.2) is 5.78 Å². The number of phenolic OH excluding ortho intramolecular Hbond substituents is 1. The summed E-state index contributed by atoms with van der Waals surface area (Å²) < 4.78 is 21.1. The van der Waals surface area contributed by atoms with E-state index in [-0.39, 0.29) is 34.1 Å². The molecule has 3 aromatic rings. The highest BCUT2D eigenvalue weighted by Crippen LogP contribution is 2.29. The molecule has 258 valence electrons. The number of hydrogen-bond acceptors (Lipinski definition) is 10. The lowest BCUT2D eigenvalue weighted by atomic mass is 9.99. The number of halogens is 1. The van der Waals surface area contributed by atoms with Crippen molar-refractivity contribution >= 4 is 35.3 Å². The van der Waals surface area contributed by atoms with Crippen LogP contribution in [0.5, 0.6) is 23.0 Å². The second-order valence-corrected chi connectivity index (χ2v) is 12.1. The number of aromatic hydroxyl groups is 1. The van der Waals surface area contributed by atoms with Crippen LogP contribution in [-0.2, 0) is 25.5 Å². The molecule has 0 unspecified atom stereocenters. The smallest absolute Gasteiger partial charge is 0.408 e. The summed E-state index contributed by atoms with van der Waals surface area (Å²) in [6.07, 6.45) is -0.922. The van der Waals surface area contributed by atoms with Gasteiger partial charge in [-0.05, 0) is 73.9 Å². The van der Waals surface area contributed by atoms with Crippen molar-refractivity contribution in [1.82, 2.24) is 16.0 Å². The maximum atomic E-state index is 14.0. The lowest BCUT2D eigenvalue weighted by Gasteiger charge is -2.27. The first-order chi connectivity index (χ1) is 22.7. The summed E-state index contributed by atoms with van der Waals surface area (Å²) in [6, 6.07) is 11.5. The molecule has 6 N–H and O–H groups in total. The van der Waals surface area contributed by atoms with Gasteiger partial charge in [0, 0.05) is 12.5 Å². The Morgan fingerprint density at radius 1 is 0.792 bits per heavy atom. The number of hydrogen-bond donors (Lipinski definition) is 5. The molecule has 3 aromatic carbocycles. The van der Waals surface area contributed by atoms with Gasteiger partial charge < -0.3 is 45.7 Å². The molecule has 0 fully saturated rings. The third kappa shape index (κ3) is 10.5. The predicted molar refractivity (Wildman–Crippen MR) is 178 cm³/mol. The Morgan fingerprint density at radius 3 is 2.02 bits per heavy atom. The molecule has 0 radical (unpaired) electrons. The minimum absolute atomic E-state index is 0.0308. The number of carbonyl (C=O) groups is 4. The maximum Gasteiger partial charge on any atom is 0.408 e. The Bertz CT molecular complexity index is 1610.